The average molecular weight is 230 g/mol. The Bertz CT molecular complexity index is 528. The first kappa shape index (κ1) is 11.5. The van der Waals surface area contributed by atoms with Gasteiger partial charge >= 0.3 is 0 Å². The minimum absolute atomic E-state index is 0.306. The van der Waals surface area contributed by atoms with E-state index in [1.807, 2.05) is 31.2 Å². The number of benzene rings is 1. The summed E-state index contributed by atoms with van der Waals surface area (Å²) in [7, 11) is 1.63. The summed E-state index contributed by atoms with van der Waals surface area (Å²) in [6.45, 7) is 2.13. The van der Waals surface area contributed by atoms with E-state index < -0.39 is 0 Å². The third kappa shape index (κ3) is 2.57. The Labute approximate surface area is 99.7 Å². The molecule has 5 heteroatoms. The molecule has 2 aromatic rings. The molecule has 1 aromatic carbocycles. The molecule has 0 saturated heterocycles. The van der Waals surface area contributed by atoms with Crippen molar-refractivity contribution in [1.29, 1.82) is 0 Å². The molecule has 2 rings (SSSR count). The van der Waals surface area contributed by atoms with Gasteiger partial charge in [-0.15, -0.1) is 0 Å². The maximum atomic E-state index is 5.54. The van der Waals surface area contributed by atoms with E-state index in [9.17, 15) is 0 Å². The summed E-state index contributed by atoms with van der Waals surface area (Å²) in [5, 5.41) is 0. The third-order valence-electron chi connectivity index (χ3n) is 2.30. The second kappa shape index (κ2) is 4.88. The molecular formula is C12H14N4O. The molecule has 1 aromatic heterocycles. The average Bonchev–Trinajstić information content (AvgIpc) is 2.38. The van der Waals surface area contributed by atoms with Gasteiger partial charge in [-0.3, -0.25) is 0 Å². The van der Waals surface area contributed by atoms with Crippen LogP contribution in [0, 0.1) is 6.92 Å². The Balaban J connectivity index is 2.47. The molecule has 5 nitrogen and oxygen atoms in total. The third-order valence-corrected chi connectivity index (χ3v) is 2.30. The van der Waals surface area contributed by atoms with Crippen LogP contribution in [0.2, 0.25) is 0 Å². The van der Waals surface area contributed by atoms with Crippen molar-refractivity contribution < 1.29 is 4.74 Å². The lowest BCUT2D eigenvalue weighted by molar-refractivity contribution is 0.415. The van der Waals surface area contributed by atoms with Crippen molar-refractivity contribution in [2.75, 3.05) is 7.11 Å². The highest BCUT2D eigenvalue weighted by Crippen LogP contribution is 2.20. The Kier molecular flexibility index (Phi) is 3.30. The Hall–Kier alpha value is -2.01. The van der Waals surface area contributed by atoms with Crippen molar-refractivity contribution in [3.8, 4) is 17.1 Å². The van der Waals surface area contributed by atoms with Crippen molar-refractivity contribution in [1.82, 2.24) is 15.0 Å². The molecule has 1 heterocycles. The zero-order valence-electron chi connectivity index (χ0n) is 9.84. The normalized spacial score (nSPS) is 10.3. The van der Waals surface area contributed by atoms with Crippen LogP contribution in [0.5, 0.6) is 5.75 Å². The molecule has 0 unspecified atom stereocenters. The highest BCUT2D eigenvalue weighted by atomic mass is 16.5. The maximum Gasteiger partial charge on any atom is 0.163 e. The van der Waals surface area contributed by atoms with Gasteiger partial charge in [-0.1, -0.05) is 12.1 Å². The van der Waals surface area contributed by atoms with Gasteiger partial charge in [-0.2, -0.15) is 0 Å². The second-order valence-electron chi connectivity index (χ2n) is 3.56. The fraction of sp³-hybridized carbons (Fsp3) is 0.250. The smallest absolute Gasteiger partial charge is 0.163 e. The largest absolute Gasteiger partial charge is 0.497 e. The molecule has 0 amide bonds. The van der Waals surface area contributed by atoms with Crippen LogP contribution < -0.4 is 10.5 Å². The van der Waals surface area contributed by atoms with Gasteiger partial charge in [-0.05, 0) is 19.1 Å². The van der Waals surface area contributed by atoms with Crippen LogP contribution in [0.25, 0.3) is 11.4 Å². The predicted molar refractivity (Wildman–Crippen MR) is 64.4 cm³/mol. The summed E-state index contributed by atoms with van der Waals surface area (Å²) in [6.07, 6.45) is 0. The molecule has 0 saturated carbocycles. The van der Waals surface area contributed by atoms with Crippen LogP contribution in [-0.4, -0.2) is 22.1 Å². The Morgan fingerprint density at radius 3 is 2.76 bits per heavy atom. The number of rotatable bonds is 3. The van der Waals surface area contributed by atoms with Crippen LogP contribution in [0.4, 0.5) is 0 Å². The lowest BCUT2D eigenvalue weighted by atomic mass is 10.2. The molecule has 0 fully saturated rings. The molecule has 2 N–H and O–H groups in total. The van der Waals surface area contributed by atoms with Crippen LogP contribution in [0.3, 0.4) is 0 Å². The summed E-state index contributed by atoms with van der Waals surface area (Å²) >= 11 is 0. The number of aryl methyl sites for hydroxylation is 1. The van der Waals surface area contributed by atoms with Crippen LogP contribution in [0.1, 0.15) is 11.6 Å². The van der Waals surface area contributed by atoms with E-state index >= 15 is 0 Å². The van der Waals surface area contributed by atoms with Gasteiger partial charge in [0.15, 0.2) is 5.82 Å². The number of methoxy groups -OCH3 is 1. The van der Waals surface area contributed by atoms with Crippen LogP contribution >= 0.6 is 0 Å². The number of hydrogen-bond acceptors (Lipinski definition) is 5. The lowest BCUT2D eigenvalue weighted by Gasteiger charge is -2.05. The van der Waals surface area contributed by atoms with Gasteiger partial charge in [0.25, 0.3) is 0 Å². The topological polar surface area (TPSA) is 73.9 Å². The highest BCUT2D eigenvalue weighted by molar-refractivity contribution is 5.57. The molecule has 0 atom stereocenters. The SMILES string of the molecule is COc1cccc(-c2nc(C)nc(CN)n2)c1. The first-order valence-corrected chi connectivity index (χ1v) is 5.29. The molecule has 0 radical (unpaired) electrons. The van der Waals surface area contributed by atoms with Gasteiger partial charge < -0.3 is 10.5 Å². The quantitative estimate of drug-likeness (QED) is 0.860. The van der Waals surface area contributed by atoms with E-state index in [1.54, 1.807) is 7.11 Å². The van der Waals surface area contributed by atoms with Crippen LogP contribution in [-0.2, 0) is 6.54 Å². The molecule has 0 aliphatic rings. The number of nitrogens with zero attached hydrogens (tertiary/aromatic N) is 3. The minimum Gasteiger partial charge on any atom is -0.497 e. The Morgan fingerprint density at radius 2 is 2.06 bits per heavy atom. The van der Waals surface area contributed by atoms with Crippen molar-refractivity contribution >= 4 is 0 Å². The standard InChI is InChI=1S/C12H14N4O/c1-8-14-11(7-13)16-12(15-8)9-4-3-5-10(6-9)17-2/h3-6H,7,13H2,1-2H3. The van der Waals surface area contributed by atoms with Gasteiger partial charge in [0, 0.05) is 5.56 Å². The zero-order valence-corrected chi connectivity index (χ0v) is 9.84. The zero-order chi connectivity index (χ0) is 12.3. The molecule has 0 spiro atoms. The summed E-state index contributed by atoms with van der Waals surface area (Å²) < 4.78 is 5.17. The number of aromatic nitrogens is 3. The van der Waals surface area contributed by atoms with E-state index in [4.69, 9.17) is 10.5 Å². The lowest BCUT2D eigenvalue weighted by Crippen LogP contribution is -2.07. The first-order valence-electron chi connectivity index (χ1n) is 5.29. The van der Waals surface area contributed by atoms with Gasteiger partial charge in [0.05, 0.1) is 13.7 Å². The Morgan fingerprint density at radius 1 is 1.24 bits per heavy atom. The second-order valence-corrected chi connectivity index (χ2v) is 3.56. The van der Waals surface area contributed by atoms with E-state index in [0.29, 0.717) is 24.0 Å². The van der Waals surface area contributed by atoms with Crippen molar-refractivity contribution in [3.05, 3.63) is 35.9 Å². The van der Waals surface area contributed by atoms with E-state index in [1.165, 1.54) is 0 Å². The van der Waals surface area contributed by atoms with Crippen molar-refractivity contribution in [2.24, 2.45) is 5.73 Å². The fourth-order valence-corrected chi connectivity index (χ4v) is 1.52. The number of ether oxygens (including phenoxy) is 1. The highest BCUT2D eigenvalue weighted by Gasteiger charge is 2.06. The van der Waals surface area contributed by atoms with Crippen molar-refractivity contribution in [2.45, 2.75) is 13.5 Å². The minimum atomic E-state index is 0.306. The summed E-state index contributed by atoms with van der Waals surface area (Å²) in [4.78, 5) is 12.7. The van der Waals surface area contributed by atoms with Gasteiger partial charge in [0.2, 0.25) is 0 Å². The number of nitrogens with two attached hydrogens (primary N) is 1. The molecule has 0 aliphatic heterocycles. The monoisotopic (exact) mass is 230 g/mol. The summed E-state index contributed by atoms with van der Waals surface area (Å²) in [5.41, 5.74) is 6.44. The molecule has 88 valence electrons. The van der Waals surface area contributed by atoms with E-state index in [2.05, 4.69) is 15.0 Å². The van der Waals surface area contributed by atoms with Gasteiger partial charge in [-0.25, -0.2) is 15.0 Å². The summed E-state index contributed by atoms with van der Waals surface area (Å²) in [5.74, 6) is 2.65. The number of hydrogen-bond donors (Lipinski definition) is 1. The molecule has 0 bridgehead atoms. The predicted octanol–water partition coefficient (Wildman–Crippen LogP) is 1.31. The maximum absolute atomic E-state index is 5.54. The molecule has 17 heavy (non-hydrogen) atoms. The fourth-order valence-electron chi connectivity index (χ4n) is 1.52. The van der Waals surface area contributed by atoms with Crippen molar-refractivity contribution in [3.63, 3.8) is 0 Å². The van der Waals surface area contributed by atoms with E-state index in [-0.39, 0.29) is 0 Å². The molecule has 0 aliphatic carbocycles. The summed E-state index contributed by atoms with van der Waals surface area (Å²) in [6, 6.07) is 7.59. The van der Waals surface area contributed by atoms with E-state index in [0.717, 1.165) is 11.3 Å². The van der Waals surface area contributed by atoms with Crippen LogP contribution in [0.15, 0.2) is 24.3 Å². The first-order chi connectivity index (χ1) is 8.22. The molecular weight excluding hydrogens is 216 g/mol. The van der Waals surface area contributed by atoms with Gasteiger partial charge in [0.1, 0.15) is 17.4 Å².